The highest BCUT2D eigenvalue weighted by Gasteiger charge is 2.01. The maximum atomic E-state index is 5.65. The van der Waals surface area contributed by atoms with Crippen molar-refractivity contribution in [2.45, 2.75) is 32.8 Å². The number of rotatable bonds is 4. The Morgan fingerprint density at radius 3 is 2.36 bits per heavy atom. The van der Waals surface area contributed by atoms with E-state index < -0.39 is 0 Å². The molecule has 14 heavy (non-hydrogen) atoms. The molecule has 0 saturated carbocycles. The Kier molecular flexibility index (Phi) is 6.13. The maximum Gasteiger partial charge on any atom is 0.119 e. The number of hydrogen-bond acceptors (Lipinski definition) is 2. The molecule has 0 aliphatic carbocycles. The molecule has 0 heterocycles. The van der Waals surface area contributed by atoms with E-state index >= 15 is 0 Å². The Labute approximate surface area is 91.9 Å². The molecule has 1 unspecified atom stereocenters. The van der Waals surface area contributed by atoms with Crippen LogP contribution < -0.4 is 10.5 Å². The summed E-state index contributed by atoms with van der Waals surface area (Å²) in [4.78, 5) is 0. The minimum absolute atomic E-state index is 0. The molecule has 2 nitrogen and oxygen atoms in total. The van der Waals surface area contributed by atoms with Gasteiger partial charge in [0.15, 0.2) is 0 Å². The maximum absolute atomic E-state index is 5.65. The monoisotopic (exact) mass is 215 g/mol. The molecule has 80 valence electrons. The summed E-state index contributed by atoms with van der Waals surface area (Å²) in [7, 11) is 0. The summed E-state index contributed by atoms with van der Waals surface area (Å²) in [5.74, 6) is 0.898. The van der Waals surface area contributed by atoms with Crippen molar-refractivity contribution >= 4 is 18.1 Å². The molecule has 0 bridgehead atoms. The van der Waals surface area contributed by atoms with Crippen molar-refractivity contribution in [1.82, 2.24) is 0 Å². The highest BCUT2D eigenvalue weighted by molar-refractivity contribution is 5.85. The number of ether oxygens (including phenoxy) is 1. The minimum atomic E-state index is 0. The fourth-order valence-corrected chi connectivity index (χ4v) is 1.24. The zero-order chi connectivity index (χ0) is 9.68. The predicted octanol–water partition coefficient (Wildman–Crippen LogP) is 3.26. The standard InChI is InChI=1S/C11H17NO.ClH/c1-3-4-9(2)13-11-7-5-10(12)6-8-11;/h5-9H,3-4,12H2,1-2H3;1H. The van der Waals surface area contributed by atoms with Crippen LogP contribution in [0.1, 0.15) is 26.7 Å². The smallest absolute Gasteiger partial charge is 0.119 e. The van der Waals surface area contributed by atoms with Gasteiger partial charge in [-0.15, -0.1) is 12.4 Å². The second kappa shape index (κ2) is 6.55. The van der Waals surface area contributed by atoms with Gasteiger partial charge in [0, 0.05) is 5.69 Å². The molecule has 2 N–H and O–H groups in total. The summed E-state index contributed by atoms with van der Waals surface area (Å²) in [6.45, 7) is 4.24. The SMILES string of the molecule is CCCC(C)Oc1ccc(N)cc1.Cl. The summed E-state index contributed by atoms with van der Waals surface area (Å²) in [5, 5.41) is 0. The molecule has 1 aromatic rings. The summed E-state index contributed by atoms with van der Waals surface area (Å²) in [6, 6.07) is 7.52. The first-order chi connectivity index (χ1) is 6.22. The van der Waals surface area contributed by atoms with Crippen LogP contribution in [0, 0.1) is 0 Å². The lowest BCUT2D eigenvalue weighted by Gasteiger charge is -2.13. The third-order valence-corrected chi connectivity index (χ3v) is 1.91. The van der Waals surface area contributed by atoms with Crippen molar-refractivity contribution in [3.05, 3.63) is 24.3 Å². The van der Waals surface area contributed by atoms with Crippen LogP contribution in [-0.2, 0) is 0 Å². The molecule has 1 rings (SSSR count). The largest absolute Gasteiger partial charge is 0.491 e. The van der Waals surface area contributed by atoms with Gasteiger partial charge >= 0.3 is 0 Å². The van der Waals surface area contributed by atoms with Crippen molar-refractivity contribution in [2.24, 2.45) is 0 Å². The van der Waals surface area contributed by atoms with Gasteiger partial charge in [0.2, 0.25) is 0 Å². The lowest BCUT2D eigenvalue weighted by molar-refractivity contribution is 0.210. The van der Waals surface area contributed by atoms with Gasteiger partial charge in [-0.05, 0) is 37.6 Å². The van der Waals surface area contributed by atoms with E-state index in [0.717, 1.165) is 24.3 Å². The minimum Gasteiger partial charge on any atom is -0.491 e. The van der Waals surface area contributed by atoms with Crippen LogP contribution in [0.5, 0.6) is 5.75 Å². The third-order valence-electron chi connectivity index (χ3n) is 1.91. The Balaban J connectivity index is 0.00000169. The third kappa shape index (κ3) is 4.38. The lowest BCUT2D eigenvalue weighted by Crippen LogP contribution is -2.10. The van der Waals surface area contributed by atoms with E-state index in [0.29, 0.717) is 0 Å². The number of benzene rings is 1. The van der Waals surface area contributed by atoms with Gasteiger partial charge < -0.3 is 10.5 Å². The second-order valence-corrected chi connectivity index (χ2v) is 3.29. The zero-order valence-electron chi connectivity index (χ0n) is 8.69. The van der Waals surface area contributed by atoms with Crippen LogP contribution in [0.15, 0.2) is 24.3 Å². The van der Waals surface area contributed by atoms with Crippen LogP contribution in [0.25, 0.3) is 0 Å². The Morgan fingerprint density at radius 1 is 1.29 bits per heavy atom. The number of anilines is 1. The molecular weight excluding hydrogens is 198 g/mol. The first kappa shape index (κ1) is 13.1. The lowest BCUT2D eigenvalue weighted by atomic mass is 10.2. The highest BCUT2D eigenvalue weighted by atomic mass is 35.5. The second-order valence-electron chi connectivity index (χ2n) is 3.29. The van der Waals surface area contributed by atoms with Crippen molar-refractivity contribution in [1.29, 1.82) is 0 Å². The van der Waals surface area contributed by atoms with Crippen LogP contribution in [0.2, 0.25) is 0 Å². The van der Waals surface area contributed by atoms with E-state index in [-0.39, 0.29) is 18.5 Å². The topological polar surface area (TPSA) is 35.2 Å². The molecule has 0 fully saturated rings. The van der Waals surface area contributed by atoms with E-state index in [1.807, 2.05) is 24.3 Å². The molecule has 0 saturated heterocycles. The number of nitrogens with two attached hydrogens (primary N) is 1. The Morgan fingerprint density at radius 2 is 1.86 bits per heavy atom. The molecule has 0 radical (unpaired) electrons. The molecule has 0 aromatic heterocycles. The fourth-order valence-electron chi connectivity index (χ4n) is 1.24. The summed E-state index contributed by atoms with van der Waals surface area (Å²) < 4.78 is 5.65. The normalized spacial score (nSPS) is 11.6. The molecule has 1 aromatic carbocycles. The van der Waals surface area contributed by atoms with Gasteiger partial charge in [-0.1, -0.05) is 13.3 Å². The number of hydrogen-bond donors (Lipinski definition) is 1. The molecule has 0 spiro atoms. The zero-order valence-corrected chi connectivity index (χ0v) is 9.51. The highest BCUT2D eigenvalue weighted by Crippen LogP contribution is 2.15. The predicted molar refractivity (Wildman–Crippen MR) is 63.1 cm³/mol. The molecule has 0 aliphatic heterocycles. The van der Waals surface area contributed by atoms with Crippen molar-refractivity contribution < 1.29 is 4.74 Å². The summed E-state index contributed by atoms with van der Waals surface area (Å²) >= 11 is 0. The Hall–Kier alpha value is -0.890. The molecule has 1 atom stereocenters. The quantitative estimate of drug-likeness (QED) is 0.783. The fraction of sp³-hybridized carbons (Fsp3) is 0.455. The van der Waals surface area contributed by atoms with Gasteiger partial charge in [-0.3, -0.25) is 0 Å². The van der Waals surface area contributed by atoms with E-state index in [4.69, 9.17) is 10.5 Å². The van der Waals surface area contributed by atoms with E-state index in [2.05, 4.69) is 13.8 Å². The van der Waals surface area contributed by atoms with Crippen molar-refractivity contribution in [3.63, 3.8) is 0 Å². The number of halogens is 1. The van der Waals surface area contributed by atoms with Crippen molar-refractivity contribution in [2.75, 3.05) is 5.73 Å². The van der Waals surface area contributed by atoms with E-state index in [1.54, 1.807) is 0 Å². The van der Waals surface area contributed by atoms with Gasteiger partial charge in [0.1, 0.15) is 5.75 Å². The first-order valence-electron chi connectivity index (χ1n) is 4.74. The van der Waals surface area contributed by atoms with Gasteiger partial charge in [-0.25, -0.2) is 0 Å². The average Bonchev–Trinajstić information content (AvgIpc) is 2.09. The van der Waals surface area contributed by atoms with Crippen molar-refractivity contribution in [3.8, 4) is 5.75 Å². The van der Waals surface area contributed by atoms with Gasteiger partial charge in [0.25, 0.3) is 0 Å². The molecule has 3 heteroatoms. The average molecular weight is 216 g/mol. The Bertz CT molecular complexity index is 248. The van der Waals surface area contributed by atoms with Gasteiger partial charge in [-0.2, -0.15) is 0 Å². The van der Waals surface area contributed by atoms with Gasteiger partial charge in [0.05, 0.1) is 6.10 Å². The molecule has 0 amide bonds. The van der Waals surface area contributed by atoms with Crippen LogP contribution in [0.4, 0.5) is 5.69 Å². The first-order valence-corrected chi connectivity index (χ1v) is 4.74. The molecule has 0 aliphatic rings. The summed E-state index contributed by atoms with van der Waals surface area (Å²) in [6.07, 6.45) is 2.52. The van der Waals surface area contributed by atoms with Crippen LogP contribution >= 0.6 is 12.4 Å². The summed E-state index contributed by atoms with van der Waals surface area (Å²) in [5.41, 5.74) is 6.33. The molecular formula is C11H18ClNO. The van der Waals surface area contributed by atoms with Crippen LogP contribution in [0.3, 0.4) is 0 Å². The van der Waals surface area contributed by atoms with Crippen LogP contribution in [-0.4, -0.2) is 6.10 Å². The van der Waals surface area contributed by atoms with E-state index in [1.165, 1.54) is 0 Å². The number of nitrogen functional groups attached to an aromatic ring is 1. The van der Waals surface area contributed by atoms with E-state index in [9.17, 15) is 0 Å².